The average molecular weight is 343 g/mol. The summed E-state index contributed by atoms with van der Waals surface area (Å²) in [4.78, 5) is 19.0. The smallest absolute Gasteiger partial charge is 0.236 e. The lowest BCUT2D eigenvalue weighted by Crippen LogP contribution is -2.50. The maximum absolute atomic E-state index is 12.5. The summed E-state index contributed by atoms with van der Waals surface area (Å²) in [6.07, 6.45) is 2.34. The molecule has 2 fully saturated rings. The summed E-state index contributed by atoms with van der Waals surface area (Å²) in [6.45, 7) is 8.86. The molecule has 8 heteroatoms. The van der Waals surface area contributed by atoms with E-state index in [1.807, 2.05) is 24.0 Å². The molecular formula is C17H25N7O. The summed E-state index contributed by atoms with van der Waals surface area (Å²) in [7, 11) is 0. The fourth-order valence-corrected chi connectivity index (χ4v) is 3.50. The van der Waals surface area contributed by atoms with Crippen LogP contribution in [-0.2, 0) is 4.79 Å². The van der Waals surface area contributed by atoms with Gasteiger partial charge in [0.25, 0.3) is 0 Å². The molecule has 134 valence electrons. The van der Waals surface area contributed by atoms with Gasteiger partial charge in [-0.2, -0.15) is 4.52 Å². The predicted octanol–water partition coefficient (Wildman–Crippen LogP) is 0.566. The van der Waals surface area contributed by atoms with Crippen molar-refractivity contribution in [3.05, 3.63) is 18.0 Å². The fourth-order valence-electron chi connectivity index (χ4n) is 3.50. The molecule has 2 aromatic heterocycles. The van der Waals surface area contributed by atoms with Gasteiger partial charge in [-0.15, -0.1) is 15.3 Å². The Labute approximate surface area is 147 Å². The summed E-state index contributed by atoms with van der Waals surface area (Å²) in [6, 6.07) is 4.45. The Morgan fingerprint density at radius 2 is 1.96 bits per heavy atom. The van der Waals surface area contributed by atoms with Gasteiger partial charge in [-0.1, -0.05) is 0 Å². The minimum atomic E-state index is 0.276. The minimum absolute atomic E-state index is 0.276. The van der Waals surface area contributed by atoms with E-state index >= 15 is 0 Å². The molecule has 0 atom stereocenters. The molecule has 8 nitrogen and oxygen atoms in total. The Bertz CT molecular complexity index is 761. The van der Waals surface area contributed by atoms with Crippen LogP contribution in [-0.4, -0.2) is 80.8 Å². The second-order valence-corrected chi connectivity index (χ2v) is 6.88. The van der Waals surface area contributed by atoms with E-state index in [9.17, 15) is 4.79 Å². The van der Waals surface area contributed by atoms with Crippen LogP contribution in [0.15, 0.2) is 12.1 Å². The van der Waals surface area contributed by atoms with Crippen molar-refractivity contribution in [1.82, 2.24) is 29.6 Å². The first-order valence-electron chi connectivity index (χ1n) is 9.11. The molecule has 1 saturated carbocycles. The van der Waals surface area contributed by atoms with Crippen molar-refractivity contribution >= 4 is 17.4 Å². The number of aromatic nitrogens is 4. The van der Waals surface area contributed by atoms with E-state index in [-0.39, 0.29) is 5.91 Å². The van der Waals surface area contributed by atoms with Gasteiger partial charge in [-0.25, -0.2) is 0 Å². The molecule has 0 unspecified atom stereocenters. The maximum Gasteiger partial charge on any atom is 0.236 e. The Morgan fingerprint density at radius 3 is 2.64 bits per heavy atom. The Balaban J connectivity index is 1.35. The molecule has 1 aliphatic heterocycles. The molecule has 0 bridgehead atoms. The van der Waals surface area contributed by atoms with Gasteiger partial charge in [0.05, 0.1) is 6.54 Å². The first-order chi connectivity index (χ1) is 12.2. The lowest BCUT2D eigenvalue weighted by Gasteiger charge is -2.35. The second kappa shape index (κ2) is 6.59. The molecule has 1 saturated heterocycles. The Kier molecular flexibility index (Phi) is 4.29. The third-order valence-electron chi connectivity index (χ3n) is 5.11. The van der Waals surface area contributed by atoms with Crippen molar-refractivity contribution in [2.24, 2.45) is 0 Å². The van der Waals surface area contributed by atoms with Crippen LogP contribution in [0, 0.1) is 6.92 Å². The molecule has 2 aromatic rings. The molecule has 0 spiro atoms. The standard InChI is InChI=1S/C17H25N7O/c1-3-23(14-4-5-14)17(25)12-21-8-10-22(11-9-21)16-7-6-15-19-18-13(2)24(15)20-16/h6-7,14H,3-5,8-12H2,1-2H3. The van der Waals surface area contributed by atoms with Crippen molar-refractivity contribution in [1.29, 1.82) is 0 Å². The third kappa shape index (κ3) is 3.30. The van der Waals surface area contributed by atoms with Crippen LogP contribution < -0.4 is 4.90 Å². The van der Waals surface area contributed by atoms with Crippen molar-refractivity contribution in [3.8, 4) is 0 Å². The van der Waals surface area contributed by atoms with Crippen molar-refractivity contribution in [2.75, 3.05) is 44.2 Å². The SMILES string of the molecule is CCN(C(=O)CN1CCN(c2ccc3nnc(C)n3n2)CC1)C1CC1. The van der Waals surface area contributed by atoms with Crippen molar-refractivity contribution < 1.29 is 4.79 Å². The van der Waals surface area contributed by atoms with Gasteiger partial charge in [0.1, 0.15) is 5.82 Å². The molecule has 0 aromatic carbocycles. The van der Waals surface area contributed by atoms with E-state index in [1.54, 1.807) is 4.52 Å². The van der Waals surface area contributed by atoms with Gasteiger partial charge in [-0.3, -0.25) is 9.69 Å². The van der Waals surface area contributed by atoms with E-state index < -0.39 is 0 Å². The zero-order valence-corrected chi connectivity index (χ0v) is 14.9. The van der Waals surface area contributed by atoms with Crippen molar-refractivity contribution in [2.45, 2.75) is 32.7 Å². The molecule has 2 aliphatic rings. The number of piperazine rings is 1. The van der Waals surface area contributed by atoms with E-state index in [4.69, 9.17) is 0 Å². The number of rotatable bonds is 5. The first-order valence-corrected chi connectivity index (χ1v) is 9.11. The number of anilines is 1. The van der Waals surface area contributed by atoms with Crippen LogP contribution >= 0.6 is 0 Å². The topological polar surface area (TPSA) is 69.9 Å². The maximum atomic E-state index is 12.5. The van der Waals surface area contributed by atoms with Crippen LogP contribution in [0.1, 0.15) is 25.6 Å². The summed E-state index contributed by atoms with van der Waals surface area (Å²) in [5, 5.41) is 12.8. The van der Waals surface area contributed by atoms with E-state index in [0.717, 1.165) is 50.0 Å². The lowest BCUT2D eigenvalue weighted by molar-refractivity contribution is -0.132. The Hall–Kier alpha value is -2.22. The van der Waals surface area contributed by atoms with Crippen molar-refractivity contribution in [3.63, 3.8) is 0 Å². The molecule has 3 heterocycles. The number of hydrogen-bond acceptors (Lipinski definition) is 6. The van der Waals surface area contributed by atoms with Gasteiger partial charge in [0, 0.05) is 38.8 Å². The van der Waals surface area contributed by atoms with E-state index in [0.29, 0.717) is 12.6 Å². The van der Waals surface area contributed by atoms with Gasteiger partial charge < -0.3 is 9.80 Å². The number of fused-ring (bicyclic) bond motifs is 1. The highest BCUT2D eigenvalue weighted by molar-refractivity contribution is 5.79. The van der Waals surface area contributed by atoms with E-state index in [1.165, 1.54) is 12.8 Å². The summed E-state index contributed by atoms with van der Waals surface area (Å²) in [5.41, 5.74) is 0.769. The highest BCUT2D eigenvalue weighted by atomic mass is 16.2. The van der Waals surface area contributed by atoms with Gasteiger partial charge in [-0.05, 0) is 38.8 Å². The van der Waals surface area contributed by atoms with Gasteiger partial charge in [0.2, 0.25) is 5.91 Å². The second-order valence-electron chi connectivity index (χ2n) is 6.88. The van der Waals surface area contributed by atoms with Crippen LogP contribution in [0.25, 0.3) is 5.65 Å². The zero-order chi connectivity index (χ0) is 17.4. The highest BCUT2D eigenvalue weighted by Gasteiger charge is 2.32. The highest BCUT2D eigenvalue weighted by Crippen LogP contribution is 2.26. The molecule has 1 amide bonds. The predicted molar refractivity (Wildman–Crippen MR) is 94.6 cm³/mol. The number of hydrogen-bond donors (Lipinski definition) is 0. The summed E-state index contributed by atoms with van der Waals surface area (Å²) in [5.74, 6) is 2.01. The first kappa shape index (κ1) is 16.3. The minimum Gasteiger partial charge on any atom is -0.353 e. The summed E-state index contributed by atoms with van der Waals surface area (Å²) >= 11 is 0. The quantitative estimate of drug-likeness (QED) is 0.790. The third-order valence-corrected chi connectivity index (χ3v) is 5.11. The number of amides is 1. The zero-order valence-electron chi connectivity index (χ0n) is 14.9. The van der Waals surface area contributed by atoms with Gasteiger partial charge >= 0.3 is 0 Å². The number of aryl methyl sites for hydroxylation is 1. The number of carbonyl (C=O) groups excluding carboxylic acids is 1. The number of carbonyl (C=O) groups is 1. The van der Waals surface area contributed by atoms with Crippen LogP contribution in [0.4, 0.5) is 5.82 Å². The van der Waals surface area contributed by atoms with Crippen LogP contribution in [0.3, 0.4) is 0 Å². The molecule has 25 heavy (non-hydrogen) atoms. The largest absolute Gasteiger partial charge is 0.353 e. The summed E-state index contributed by atoms with van der Waals surface area (Å²) < 4.78 is 1.78. The lowest BCUT2D eigenvalue weighted by atomic mass is 10.3. The van der Waals surface area contributed by atoms with Crippen LogP contribution in [0.5, 0.6) is 0 Å². The average Bonchev–Trinajstić information content (AvgIpc) is 3.39. The molecular weight excluding hydrogens is 318 g/mol. The van der Waals surface area contributed by atoms with Crippen LogP contribution in [0.2, 0.25) is 0 Å². The molecule has 4 rings (SSSR count). The molecule has 1 aliphatic carbocycles. The number of likely N-dealkylation sites (N-methyl/N-ethyl adjacent to an activating group) is 1. The van der Waals surface area contributed by atoms with Gasteiger partial charge in [0.15, 0.2) is 11.5 Å². The fraction of sp³-hybridized carbons (Fsp3) is 0.647. The Morgan fingerprint density at radius 1 is 1.20 bits per heavy atom. The molecule has 0 radical (unpaired) electrons. The normalized spacial score (nSPS) is 18.7. The van der Waals surface area contributed by atoms with E-state index in [2.05, 4.69) is 32.0 Å². The molecule has 0 N–H and O–H groups in total. The number of nitrogens with zero attached hydrogens (tertiary/aromatic N) is 7. The monoisotopic (exact) mass is 343 g/mol.